The van der Waals surface area contributed by atoms with Gasteiger partial charge in [0.2, 0.25) is 0 Å². The molecule has 0 saturated carbocycles. The van der Waals surface area contributed by atoms with Crippen LogP contribution < -0.4 is 5.32 Å². The number of pyridine rings is 1. The molecule has 3 heteroatoms. The third kappa shape index (κ3) is 2.94. The van der Waals surface area contributed by atoms with Gasteiger partial charge in [-0.25, -0.2) is 4.98 Å². The predicted octanol–water partition coefficient (Wildman–Crippen LogP) is 3.46. The summed E-state index contributed by atoms with van der Waals surface area (Å²) in [7, 11) is 0. The standard InChI is InChI=1S/C15H16N2O/c1-11(2)13-8-9-14(16-10-13)17-15(18)12-6-4-3-5-7-12/h3-11H,1-2H3,(H,16,17,18). The number of nitrogens with one attached hydrogen (secondary N) is 1. The number of anilines is 1. The first kappa shape index (κ1) is 12.3. The summed E-state index contributed by atoms with van der Waals surface area (Å²) in [5, 5.41) is 2.77. The number of hydrogen-bond acceptors (Lipinski definition) is 2. The highest BCUT2D eigenvalue weighted by atomic mass is 16.1. The second kappa shape index (κ2) is 5.45. The molecule has 0 fully saturated rings. The molecule has 0 unspecified atom stereocenters. The van der Waals surface area contributed by atoms with Gasteiger partial charge in [-0.3, -0.25) is 4.79 Å². The van der Waals surface area contributed by atoms with Crippen LogP contribution in [-0.4, -0.2) is 10.9 Å². The quantitative estimate of drug-likeness (QED) is 0.892. The summed E-state index contributed by atoms with van der Waals surface area (Å²) < 4.78 is 0. The van der Waals surface area contributed by atoms with Crippen LogP contribution >= 0.6 is 0 Å². The van der Waals surface area contributed by atoms with Crippen molar-refractivity contribution in [3.05, 3.63) is 59.8 Å². The molecule has 0 radical (unpaired) electrons. The lowest BCUT2D eigenvalue weighted by Crippen LogP contribution is -2.12. The van der Waals surface area contributed by atoms with Crippen LogP contribution in [0.1, 0.15) is 35.7 Å². The summed E-state index contributed by atoms with van der Waals surface area (Å²) in [6.07, 6.45) is 1.80. The lowest BCUT2D eigenvalue weighted by atomic mass is 10.1. The maximum absolute atomic E-state index is 11.9. The van der Waals surface area contributed by atoms with E-state index in [-0.39, 0.29) is 5.91 Å². The van der Waals surface area contributed by atoms with Crippen molar-refractivity contribution in [1.82, 2.24) is 4.98 Å². The minimum absolute atomic E-state index is 0.139. The molecule has 0 bridgehead atoms. The minimum atomic E-state index is -0.139. The van der Waals surface area contributed by atoms with Crippen molar-refractivity contribution in [2.45, 2.75) is 19.8 Å². The van der Waals surface area contributed by atoms with Crippen molar-refractivity contribution in [3.63, 3.8) is 0 Å². The molecule has 0 atom stereocenters. The van der Waals surface area contributed by atoms with Gasteiger partial charge in [0.15, 0.2) is 0 Å². The van der Waals surface area contributed by atoms with Crippen molar-refractivity contribution < 1.29 is 4.79 Å². The van der Waals surface area contributed by atoms with E-state index in [4.69, 9.17) is 0 Å². The zero-order valence-corrected chi connectivity index (χ0v) is 10.6. The van der Waals surface area contributed by atoms with Crippen molar-refractivity contribution in [2.24, 2.45) is 0 Å². The van der Waals surface area contributed by atoms with E-state index in [0.717, 1.165) is 5.56 Å². The Labute approximate surface area is 107 Å². The van der Waals surface area contributed by atoms with Crippen molar-refractivity contribution in [2.75, 3.05) is 5.32 Å². The molecule has 0 aliphatic carbocycles. The summed E-state index contributed by atoms with van der Waals surface area (Å²) in [6.45, 7) is 4.22. The summed E-state index contributed by atoms with van der Waals surface area (Å²) >= 11 is 0. The van der Waals surface area contributed by atoms with Crippen LogP contribution in [-0.2, 0) is 0 Å². The Morgan fingerprint density at radius 1 is 1.11 bits per heavy atom. The van der Waals surface area contributed by atoms with E-state index in [1.54, 1.807) is 18.3 Å². The maximum atomic E-state index is 11.9. The number of rotatable bonds is 3. The minimum Gasteiger partial charge on any atom is -0.307 e. The Balaban J connectivity index is 2.08. The molecule has 0 spiro atoms. The summed E-state index contributed by atoms with van der Waals surface area (Å²) in [5.74, 6) is 0.880. The van der Waals surface area contributed by atoms with Gasteiger partial charge in [0.05, 0.1) is 0 Å². The topological polar surface area (TPSA) is 42.0 Å². The smallest absolute Gasteiger partial charge is 0.256 e. The molecule has 0 aliphatic rings. The fraction of sp³-hybridized carbons (Fsp3) is 0.200. The molecule has 1 heterocycles. The molecule has 1 aromatic carbocycles. The zero-order valence-electron chi connectivity index (χ0n) is 10.6. The SMILES string of the molecule is CC(C)c1ccc(NC(=O)c2ccccc2)nc1. The molecule has 0 saturated heterocycles. The summed E-state index contributed by atoms with van der Waals surface area (Å²) in [5.41, 5.74) is 1.79. The molecule has 1 amide bonds. The highest BCUT2D eigenvalue weighted by Crippen LogP contribution is 2.14. The number of carbonyl (C=O) groups excluding carboxylic acids is 1. The maximum Gasteiger partial charge on any atom is 0.256 e. The molecule has 2 rings (SSSR count). The Hall–Kier alpha value is -2.16. The van der Waals surface area contributed by atoms with E-state index in [0.29, 0.717) is 17.3 Å². The molecule has 1 N–H and O–H groups in total. The number of benzene rings is 1. The zero-order chi connectivity index (χ0) is 13.0. The molecule has 2 aromatic rings. The molecule has 92 valence electrons. The summed E-state index contributed by atoms with van der Waals surface area (Å²) in [4.78, 5) is 16.1. The Kier molecular flexibility index (Phi) is 3.72. The fourth-order valence-electron chi connectivity index (χ4n) is 1.60. The molecular weight excluding hydrogens is 224 g/mol. The van der Waals surface area contributed by atoms with Gasteiger partial charge in [0, 0.05) is 11.8 Å². The summed E-state index contributed by atoms with van der Waals surface area (Å²) in [6, 6.07) is 12.9. The van der Waals surface area contributed by atoms with Crippen LogP contribution in [0, 0.1) is 0 Å². The average molecular weight is 240 g/mol. The van der Waals surface area contributed by atoms with Gasteiger partial charge in [-0.15, -0.1) is 0 Å². The average Bonchev–Trinajstić information content (AvgIpc) is 2.40. The first-order valence-electron chi connectivity index (χ1n) is 5.99. The van der Waals surface area contributed by atoms with Gasteiger partial charge in [0.1, 0.15) is 5.82 Å². The third-order valence-corrected chi connectivity index (χ3v) is 2.73. The number of hydrogen-bond donors (Lipinski definition) is 1. The van der Waals surface area contributed by atoms with E-state index in [1.165, 1.54) is 0 Å². The van der Waals surface area contributed by atoms with Gasteiger partial charge in [-0.1, -0.05) is 38.1 Å². The molecule has 0 aliphatic heterocycles. The van der Waals surface area contributed by atoms with Gasteiger partial charge >= 0.3 is 0 Å². The largest absolute Gasteiger partial charge is 0.307 e. The van der Waals surface area contributed by atoms with Gasteiger partial charge in [-0.05, 0) is 29.7 Å². The molecule has 18 heavy (non-hydrogen) atoms. The second-order valence-electron chi connectivity index (χ2n) is 4.45. The Bertz CT molecular complexity index is 518. The first-order valence-corrected chi connectivity index (χ1v) is 5.99. The van der Waals surface area contributed by atoms with Gasteiger partial charge in [-0.2, -0.15) is 0 Å². The van der Waals surface area contributed by atoms with Crippen LogP contribution in [0.25, 0.3) is 0 Å². The number of carbonyl (C=O) groups is 1. The number of amides is 1. The van der Waals surface area contributed by atoms with Crippen LogP contribution in [0.15, 0.2) is 48.7 Å². The first-order chi connectivity index (χ1) is 8.66. The fourth-order valence-corrected chi connectivity index (χ4v) is 1.60. The molecule has 1 aromatic heterocycles. The molecule has 3 nitrogen and oxygen atoms in total. The second-order valence-corrected chi connectivity index (χ2v) is 4.45. The van der Waals surface area contributed by atoms with Gasteiger partial charge in [0.25, 0.3) is 5.91 Å². The van der Waals surface area contributed by atoms with Crippen LogP contribution in [0.3, 0.4) is 0 Å². The van der Waals surface area contributed by atoms with Crippen molar-refractivity contribution >= 4 is 11.7 Å². The highest BCUT2D eigenvalue weighted by molar-refractivity contribution is 6.03. The van der Waals surface area contributed by atoms with Crippen LogP contribution in [0.4, 0.5) is 5.82 Å². The lowest BCUT2D eigenvalue weighted by Gasteiger charge is -2.07. The van der Waals surface area contributed by atoms with E-state index in [1.807, 2.05) is 30.3 Å². The number of aromatic nitrogens is 1. The normalized spacial score (nSPS) is 10.4. The van der Waals surface area contributed by atoms with Crippen LogP contribution in [0.2, 0.25) is 0 Å². The van der Waals surface area contributed by atoms with Crippen molar-refractivity contribution in [3.8, 4) is 0 Å². The van der Waals surface area contributed by atoms with E-state index in [9.17, 15) is 4.79 Å². The monoisotopic (exact) mass is 240 g/mol. The Morgan fingerprint density at radius 2 is 1.83 bits per heavy atom. The van der Waals surface area contributed by atoms with E-state index < -0.39 is 0 Å². The lowest BCUT2D eigenvalue weighted by molar-refractivity contribution is 0.102. The van der Waals surface area contributed by atoms with E-state index >= 15 is 0 Å². The number of nitrogens with zero attached hydrogens (tertiary/aromatic N) is 1. The Morgan fingerprint density at radius 3 is 2.39 bits per heavy atom. The highest BCUT2D eigenvalue weighted by Gasteiger charge is 2.06. The van der Waals surface area contributed by atoms with Crippen LogP contribution in [0.5, 0.6) is 0 Å². The molecular formula is C15H16N2O. The predicted molar refractivity (Wildman–Crippen MR) is 72.7 cm³/mol. The van der Waals surface area contributed by atoms with Crippen molar-refractivity contribution in [1.29, 1.82) is 0 Å². The van der Waals surface area contributed by atoms with E-state index in [2.05, 4.69) is 24.1 Å². The third-order valence-electron chi connectivity index (χ3n) is 2.73. The van der Waals surface area contributed by atoms with Gasteiger partial charge < -0.3 is 5.32 Å².